The third-order valence-electron chi connectivity index (χ3n) is 5.24. The lowest BCUT2D eigenvalue weighted by Crippen LogP contribution is -2.30. The van der Waals surface area contributed by atoms with E-state index in [0.717, 1.165) is 41.9 Å². The number of rotatable bonds is 7. The highest BCUT2D eigenvalue weighted by Crippen LogP contribution is 2.28. The molecule has 0 aliphatic carbocycles. The molecule has 1 aliphatic rings. The van der Waals surface area contributed by atoms with Gasteiger partial charge in [0, 0.05) is 11.3 Å². The molecule has 0 spiro atoms. The van der Waals surface area contributed by atoms with Crippen LogP contribution in [-0.2, 0) is 6.54 Å². The number of thioether (sulfide) groups is 1. The van der Waals surface area contributed by atoms with E-state index in [1.807, 2.05) is 55.5 Å². The van der Waals surface area contributed by atoms with Gasteiger partial charge in [0.15, 0.2) is 16.8 Å². The molecular formula is C23H26N4OS. The molecule has 5 nitrogen and oxygen atoms in total. The highest BCUT2D eigenvalue weighted by Gasteiger charge is 2.23. The molecule has 2 heterocycles. The molecule has 1 fully saturated rings. The number of carbonyl (C=O) groups is 1. The Hall–Kier alpha value is -2.44. The largest absolute Gasteiger partial charge is 0.296 e. The summed E-state index contributed by atoms with van der Waals surface area (Å²) in [5.74, 6) is 1.04. The van der Waals surface area contributed by atoms with Gasteiger partial charge in [-0.3, -0.25) is 14.3 Å². The van der Waals surface area contributed by atoms with Crippen molar-refractivity contribution in [2.45, 2.75) is 43.1 Å². The normalized spacial score (nSPS) is 15.9. The van der Waals surface area contributed by atoms with Gasteiger partial charge in [0.25, 0.3) is 0 Å². The third kappa shape index (κ3) is 4.77. The number of aromatic nitrogens is 3. The standard InChI is InChI=1S/C23H26N4OS/c1-18(22(28)19-11-5-2-6-12-19)29-23-25-24-21(17-26-15-9-4-10-16-26)27(23)20-13-7-3-8-14-20/h2-3,5-8,11-14,18H,4,9-10,15-17H2,1H3. The van der Waals surface area contributed by atoms with E-state index < -0.39 is 0 Å². The Morgan fingerprint density at radius 2 is 1.62 bits per heavy atom. The maximum absolute atomic E-state index is 12.8. The Morgan fingerprint density at radius 1 is 0.966 bits per heavy atom. The second-order valence-electron chi connectivity index (χ2n) is 7.40. The fraction of sp³-hybridized carbons (Fsp3) is 0.348. The zero-order chi connectivity index (χ0) is 20.1. The van der Waals surface area contributed by atoms with Gasteiger partial charge >= 0.3 is 0 Å². The number of hydrogen-bond donors (Lipinski definition) is 0. The van der Waals surface area contributed by atoms with Crippen LogP contribution in [0.1, 0.15) is 42.4 Å². The summed E-state index contributed by atoms with van der Waals surface area (Å²) in [5.41, 5.74) is 1.76. The summed E-state index contributed by atoms with van der Waals surface area (Å²) >= 11 is 1.47. The van der Waals surface area contributed by atoms with E-state index in [4.69, 9.17) is 0 Å². The minimum atomic E-state index is -0.244. The van der Waals surface area contributed by atoms with Crippen LogP contribution in [0.15, 0.2) is 65.8 Å². The predicted octanol–water partition coefficient (Wildman–Crippen LogP) is 4.62. The average Bonchev–Trinajstić information content (AvgIpc) is 3.17. The maximum atomic E-state index is 12.8. The van der Waals surface area contributed by atoms with Gasteiger partial charge in [-0.1, -0.05) is 66.7 Å². The Kier molecular flexibility index (Phi) is 6.42. The first-order valence-corrected chi connectivity index (χ1v) is 11.1. The van der Waals surface area contributed by atoms with Gasteiger partial charge in [0.1, 0.15) is 0 Å². The Morgan fingerprint density at radius 3 is 2.31 bits per heavy atom. The SMILES string of the molecule is CC(Sc1nnc(CN2CCCCC2)n1-c1ccccc1)C(=O)c1ccccc1. The van der Waals surface area contributed by atoms with E-state index in [0.29, 0.717) is 0 Å². The van der Waals surface area contributed by atoms with Gasteiger partial charge in [0.05, 0.1) is 11.8 Å². The van der Waals surface area contributed by atoms with Crippen molar-refractivity contribution in [2.24, 2.45) is 0 Å². The molecule has 150 valence electrons. The van der Waals surface area contributed by atoms with E-state index >= 15 is 0 Å². The van der Waals surface area contributed by atoms with Crippen molar-refractivity contribution in [3.63, 3.8) is 0 Å². The van der Waals surface area contributed by atoms with Gasteiger partial charge in [-0.05, 0) is 45.0 Å². The number of likely N-dealkylation sites (tertiary alicyclic amines) is 1. The molecule has 1 unspecified atom stereocenters. The molecular weight excluding hydrogens is 380 g/mol. The molecule has 1 aliphatic heterocycles. The summed E-state index contributed by atoms with van der Waals surface area (Å²) in [6.45, 7) is 4.93. The van der Waals surface area contributed by atoms with Crippen LogP contribution in [0.2, 0.25) is 0 Å². The van der Waals surface area contributed by atoms with Crippen LogP contribution in [0.3, 0.4) is 0 Å². The zero-order valence-electron chi connectivity index (χ0n) is 16.7. The molecule has 6 heteroatoms. The lowest BCUT2D eigenvalue weighted by Gasteiger charge is -2.26. The van der Waals surface area contributed by atoms with Crippen molar-refractivity contribution in [3.05, 3.63) is 72.1 Å². The molecule has 1 aromatic heterocycles. The number of hydrogen-bond acceptors (Lipinski definition) is 5. The molecule has 0 saturated carbocycles. The van der Waals surface area contributed by atoms with Crippen LogP contribution in [0.4, 0.5) is 0 Å². The molecule has 4 rings (SSSR count). The van der Waals surface area contributed by atoms with Crippen LogP contribution < -0.4 is 0 Å². The zero-order valence-corrected chi connectivity index (χ0v) is 17.5. The molecule has 0 N–H and O–H groups in total. The Labute approximate surface area is 176 Å². The minimum Gasteiger partial charge on any atom is -0.296 e. The summed E-state index contributed by atoms with van der Waals surface area (Å²) in [6, 6.07) is 19.6. The molecule has 0 amide bonds. The predicted molar refractivity (Wildman–Crippen MR) is 117 cm³/mol. The van der Waals surface area contributed by atoms with Crippen molar-refractivity contribution in [1.82, 2.24) is 19.7 Å². The second-order valence-corrected chi connectivity index (χ2v) is 8.70. The lowest BCUT2D eigenvalue weighted by molar-refractivity contribution is 0.0994. The van der Waals surface area contributed by atoms with Crippen molar-refractivity contribution >= 4 is 17.5 Å². The average molecular weight is 407 g/mol. The van der Waals surface area contributed by atoms with Crippen LogP contribution in [0.25, 0.3) is 5.69 Å². The smallest absolute Gasteiger partial charge is 0.196 e. The summed E-state index contributed by atoms with van der Waals surface area (Å²) < 4.78 is 2.11. The number of piperidine rings is 1. The first-order valence-electron chi connectivity index (χ1n) is 10.2. The van der Waals surface area contributed by atoms with Crippen LogP contribution in [0.5, 0.6) is 0 Å². The number of benzene rings is 2. The molecule has 0 radical (unpaired) electrons. The van der Waals surface area contributed by atoms with Crippen LogP contribution >= 0.6 is 11.8 Å². The van der Waals surface area contributed by atoms with Gasteiger partial charge in [-0.15, -0.1) is 10.2 Å². The van der Waals surface area contributed by atoms with Gasteiger partial charge in [0.2, 0.25) is 0 Å². The Balaban J connectivity index is 1.60. The highest BCUT2D eigenvalue weighted by molar-refractivity contribution is 8.00. The molecule has 2 aromatic carbocycles. The third-order valence-corrected chi connectivity index (χ3v) is 6.28. The number of ketones is 1. The van der Waals surface area contributed by atoms with E-state index in [-0.39, 0.29) is 11.0 Å². The first-order chi connectivity index (χ1) is 14.2. The summed E-state index contributed by atoms with van der Waals surface area (Å²) in [6.07, 6.45) is 3.79. The van der Waals surface area contributed by atoms with E-state index in [1.54, 1.807) is 0 Å². The fourth-order valence-corrected chi connectivity index (χ4v) is 4.65. The van der Waals surface area contributed by atoms with Crippen molar-refractivity contribution in [3.8, 4) is 5.69 Å². The van der Waals surface area contributed by atoms with Crippen LogP contribution in [0, 0.1) is 0 Å². The van der Waals surface area contributed by atoms with Gasteiger partial charge in [-0.2, -0.15) is 0 Å². The quantitative estimate of drug-likeness (QED) is 0.423. The van der Waals surface area contributed by atoms with Gasteiger partial charge in [-0.25, -0.2) is 0 Å². The second kappa shape index (κ2) is 9.37. The molecule has 0 bridgehead atoms. The highest BCUT2D eigenvalue weighted by atomic mass is 32.2. The Bertz CT molecular complexity index is 936. The number of para-hydroxylation sites is 1. The van der Waals surface area contributed by atoms with E-state index in [9.17, 15) is 4.79 Å². The fourth-order valence-electron chi connectivity index (χ4n) is 3.68. The number of nitrogens with zero attached hydrogens (tertiary/aromatic N) is 4. The molecule has 3 aromatic rings. The molecule has 29 heavy (non-hydrogen) atoms. The number of carbonyl (C=O) groups excluding carboxylic acids is 1. The first kappa shape index (κ1) is 19.9. The lowest BCUT2D eigenvalue weighted by atomic mass is 10.1. The molecule has 1 atom stereocenters. The number of Topliss-reactive ketones (excluding diaryl/α,β-unsaturated/α-hetero) is 1. The van der Waals surface area contributed by atoms with Crippen molar-refractivity contribution in [1.29, 1.82) is 0 Å². The van der Waals surface area contributed by atoms with Gasteiger partial charge < -0.3 is 0 Å². The summed E-state index contributed by atoms with van der Waals surface area (Å²) in [4.78, 5) is 15.3. The maximum Gasteiger partial charge on any atom is 0.196 e. The van der Waals surface area contributed by atoms with Crippen molar-refractivity contribution in [2.75, 3.05) is 13.1 Å². The van der Waals surface area contributed by atoms with Crippen molar-refractivity contribution < 1.29 is 4.79 Å². The van der Waals surface area contributed by atoms with Crippen LogP contribution in [-0.4, -0.2) is 43.8 Å². The van der Waals surface area contributed by atoms with E-state index in [1.165, 1.54) is 31.0 Å². The molecule has 1 saturated heterocycles. The summed E-state index contributed by atoms with van der Waals surface area (Å²) in [7, 11) is 0. The monoisotopic (exact) mass is 406 g/mol. The summed E-state index contributed by atoms with van der Waals surface area (Å²) in [5, 5.41) is 9.50. The topological polar surface area (TPSA) is 51.0 Å². The minimum absolute atomic E-state index is 0.107. The van der Waals surface area contributed by atoms with E-state index in [2.05, 4.69) is 31.8 Å².